The number of Topliss-reactive ketones (excluding diaryl/α,β-unsaturated/α-hetero) is 1. The van der Waals surface area contributed by atoms with E-state index in [1.165, 1.54) is 11.1 Å². The topological polar surface area (TPSA) is 59.8 Å². The second kappa shape index (κ2) is 6.91. The molecule has 0 fully saturated rings. The van der Waals surface area contributed by atoms with Crippen LogP contribution in [0.25, 0.3) is 10.8 Å². The van der Waals surface area contributed by atoms with E-state index in [1.807, 2.05) is 22.9 Å². The molecular weight excluding hydrogens is 384 g/mol. The number of nitrogens with one attached hydrogen (secondary N) is 1. The molecule has 2 unspecified atom stereocenters. The number of carbonyl (C=O) groups excluding carboxylic acids is 1. The van der Waals surface area contributed by atoms with E-state index in [2.05, 4.69) is 70.9 Å². The van der Waals surface area contributed by atoms with Crippen LogP contribution in [-0.2, 0) is 4.79 Å². The molecule has 0 bridgehead atoms. The first-order valence-corrected chi connectivity index (χ1v) is 10.7. The van der Waals surface area contributed by atoms with Crippen molar-refractivity contribution >= 4 is 22.5 Å². The monoisotopic (exact) mass is 406 g/mol. The minimum absolute atomic E-state index is 0.169. The summed E-state index contributed by atoms with van der Waals surface area (Å²) < 4.78 is 1.85. The minimum atomic E-state index is -0.273. The third kappa shape index (κ3) is 2.81. The van der Waals surface area contributed by atoms with E-state index >= 15 is 0 Å². The van der Waals surface area contributed by atoms with Crippen molar-refractivity contribution in [3.8, 4) is 0 Å². The molecule has 3 aromatic carbocycles. The third-order valence-electron chi connectivity index (χ3n) is 6.61. The molecule has 5 nitrogen and oxygen atoms in total. The molecule has 2 atom stereocenters. The number of aromatic nitrogens is 3. The molecule has 1 aliphatic carbocycles. The Hall–Kier alpha value is -3.73. The molecule has 31 heavy (non-hydrogen) atoms. The summed E-state index contributed by atoms with van der Waals surface area (Å²) in [5.74, 6) is 1.04. The van der Waals surface area contributed by atoms with E-state index in [0.717, 1.165) is 34.0 Å². The molecular formula is C26H22N4O. The Morgan fingerprint density at radius 3 is 2.61 bits per heavy atom. The van der Waals surface area contributed by atoms with Gasteiger partial charge < -0.3 is 5.32 Å². The van der Waals surface area contributed by atoms with E-state index in [0.29, 0.717) is 12.4 Å². The molecule has 5 heteroatoms. The van der Waals surface area contributed by atoms with Crippen molar-refractivity contribution in [3.63, 3.8) is 0 Å². The van der Waals surface area contributed by atoms with Gasteiger partial charge in [-0.3, -0.25) is 4.79 Å². The Balaban J connectivity index is 1.52. The standard InChI is InChI=1S/C26H22N4O/c1-16-7-2-4-10-19(16)18-13-22-24(23(31)14-18)25(30-26(29-22)27-15-28-30)21-12-6-9-17-8-3-5-11-20(17)21/h2-12,15,18,25H,13-14H2,1H3,(H,27,28,29). The Bertz CT molecular complexity index is 1360. The van der Waals surface area contributed by atoms with Crippen LogP contribution in [0.3, 0.4) is 0 Å². The average Bonchev–Trinajstić information content (AvgIpc) is 3.26. The van der Waals surface area contributed by atoms with Gasteiger partial charge in [-0.25, -0.2) is 4.68 Å². The van der Waals surface area contributed by atoms with Gasteiger partial charge in [0, 0.05) is 17.7 Å². The lowest BCUT2D eigenvalue weighted by Gasteiger charge is -2.35. The van der Waals surface area contributed by atoms with Crippen molar-refractivity contribution in [1.82, 2.24) is 14.8 Å². The summed E-state index contributed by atoms with van der Waals surface area (Å²) in [6, 6.07) is 22.7. The zero-order valence-corrected chi connectivity index (χ0v) is 17.2. The number of aryl methyl sites for hydroxylation is 1. The van der Waals surface area contributed by atoms with Crippen molar-refractivity contribution < 1.29 is 4.79 Å². The van der Waals surface area contributed by atoms with E-state index in [1.54, 1.807) is 6.33 Å². The second-order valence-corrected chi connectivity index (χ2v) is 8.40. The first-order chi connectivity index (χ1) is 15.2. The zero-order valence-electron chi connectivity index (χ0n) is 17.2. The first-order valence-electron chi connectivity index (χ1n) is 10.7. The molecule has 1 aliphatic heterocycles. The van der Waals surface area contributed by atoms with Crippen molar-refractivity contribution in [2.24, 2.45) is 0 Å². The van der Waals surface area contributed by atoms with Crippen molar-refractivity contribution in [1.29, 1.82) is 0 Å². The van der Waals surface area contributed by atoms with Crippen LogP contribution < -0.4 is 5.32 Å². The molecule has 0 amide bonds. The summed E-state index contributed by atoms with van der Waals surface area (Å²) in [7, 11) is 0. The van der Waals surface area contributed by atoms with Gasteiger partial charge in [-0.15, -0.1) is 0 Å². The number of anilines is 1. The zero-order chi connectivity index (χ0) is 20.9. The normalized spacial score (nSPS) is 20.4. The van der Waals surface area contributed by atoms with Gasteiger partial charge in [-0.1, -0.05) is 66.7 Å². The summed E-state index contributed by atoms with van der Waals surface area (Å²) in [6.07, 6.45) is 2.86. The highest BCUT2D eigenvalue weighted by Crippen LogP contribution is 2.45. The highest BCUT2D eigenvalue weighted by molar-refractivity contribution is 6.01. The van der Waals surface area contributed by atoms with Gasteiger partial charge in [0.25, 0.3) is 0 Å². The predicted octanol–water partition coefficient (Wildman–Crippen LogP) is 5.16. The van der Waals surface area contributed by atoms with Crippen LogP contribution in [0.15, 0.2) is 84.3 Å². The fraction of sp³-hybridized carbons (Fsp3) is 0.192. The van der Waals surface area contributed by atoms with E-state index in [9.17, 15) is 4.79 Å². The minimum Gasteiger partial charge on any atom is -0.328 e. The first kappa shape index (κ1) is 18.1. The van der Waals surface area contributed by atoms with Crippen LogP contribution in [0.1, 0.15) is 41.5 Å². The van der Waals surface area contributed by atoms with Gasteiger partial charge in [-0.2, -0.15) is 10.1 Å². The Morgan fingerprint density at radius 2 is 1.71 bits per heavy atom. The Labute approximate surface area is 180 Å². The van der Waals surface area contributed by atoms with Crippen molar-refractivity contribution in [3.05, 3.63) is 101 Å². The van der Waals surface area contributed by atoms with Crippen LogP contribution in [0.2, 0.25) is 0 Å². The quantitative estimate of drug-likeness (QED) is 0.500. The number of benzene rings is 3. The maximum atomic E-state index is 13.6. The lowest BCUT2D eigenvalue weighted by Crippen LogP contribution is -2.33. The fourth-order valence-corrected chi connectivity index (χ4v) is 5.19. The number of ketones is 1. The molecule has 0 saturated carbocycles. The number of allylic oxidation sites excluding steroid dienone is 2. The summed E-state index contributed by atoms with van der Waals surface area (Å²) in [6.45, 7) is 2.12. The average molecular weight is 406 g/mol. The predicted molar refractivity (Wildman–Crippen MR) is 121 cm³/mol. The van der Waals surface area contributed by atoms with Gasteiger partial charge >= 0.3 is 0 Å². The highest BCUT2D eigenvalue weighted by atomic mass is 16.1. The Morgan fingerprint density at radius 1 is 0.935 bits per heavy atom. The van der Waals surface area contributed by atoms with Gasteiger partial charge in [-0.05, 0) is 46.7 Å². The maximum Gasteiger partial charge on any atom is 0.226 e. The Kier molecular flexibility index (Phi) is 4.03. The molecule has 6 rings (SSSR count). The van der Waals surface area contributed by atoms with Gasteiger partial charge in [0.1, 0.15) is 12.4 Å². The van der Waals surface area contributed by atoms with Gasteiger partial charge in [0.2, 0.25) is 5.95 Å². The number of hydrogen-bond donors (Lipinski definition) is 1. The smallest absolute Gasteiger partial charge is 0.226 e. The van der Waals surface area contributed by atoms with Crippen LogP contribution in [0.4, 0.5) is 5.95 Å². The molecule has 1 aromatic heterocycles. The SMILES string of the molecule is Cc1ccccc1C1CC(=O)C2=C(C1)Nc1ncnn1C2c1cccc2ccccc12. The van der Waals surface area contributed by atoms with Gasteiger partial charge in [0.05, 0.1) is 0 Å². The molecule has 0 spiro atoms. The summed E-state index contributed by atoms with van der Waals surface area (Å²) in [5.41, 5.74) is 5.36. The highest BCUT2D eigenvalue weighted by Gasteiger charge is 2.39. The molecule has 2 heterocycles. The molecule has 4 aromatic rings. The van der Waals surface area contributed by atoms with Crippen LogP contribution >= 0.6 is 0 Å². The summed E-state index contributed by atoms with van der Waals surface area (Å²) in [5, 5.41) is 10.2. The summed E-state index contributed by atoms with van der Waals surface area (Å²) >= 11 is 0. The van der Waals surface area contributed by atoms with Crippen molar-refractivity contribution in [2.45, 2.75) is 31.7 Å². The van der Waals surface area contributed by atoms with Gasteiger partial charge in [0.15, 0.2) is 5.78 Å². The van der Waals surface area contributed by atoms with Crippen LogP contribution in [0.5, 0.6) is 0 Å². The lowest BCUT2D eigenvalue weighted by molar-refractivity contribution is -0.116. The lowest BCUT2D eigenvalue weighted by atomic mass is 9.76. The third-order valence-corrected chi connectivity index (χ3v) is 6.61. The number of nitrogens with zero attached hydrogens (tertiary/aromatic N) is 3. The van der Waals surface area contributed by atoms with E-state index in [-0.39, 0.29) is 17.7 Å². The maximum absolute atomic E-state index is 13.6. The molecule has 2 aliphatic rings. The van der Waals surface area contributed by atoms with Crippen LogP contribution in [-0.4, -0.2) is 20.5 Å². The number of fused-ring (bicyclic) bond motifs is 2. The van der Waals surface area contributed by atoms with Crippen molar-refractivity contribution in [2.75, 3.05) is 5.32 Å². The molecule has 0 radical (unpaired) electrons. The number of rotatable bonds is 2. The van der Waals surface area contributed by atoms with Crippen LogP contribution in [0, 0.1) is 6.92 Å². The van der Waals surface area contributed by atoms with E-state index < -0.39 is 0 Å². The molecule has 0 saturated heterocycles. The summed E-state index contributed by atoms with van der Waals surface area (Å²) in [4.78, 5) is 18.1. The molecule has 152 valence electrons. The fourth-order valence-electron chi connectivity index (χ4n) is 5.19. The molecule has 1 N–H and O–H groups in total. The van der Waals surface area contributed by atoms with E-state index in [4.69, 9.17) is 0 Å². The second-order valence-electron chi connectivity index (χ2n) is 8.40. The largest absolute Gasteiger partial charge is 0.328 e. The number of carbonyl (C=O) groups is 1. The number of hydrogen-bond acceptors (Lipinski definition) is 4.